The summed E-state index contributed by atoms with van der Waals surface area (Å²) in [4.78, 5) is 10.4. The molecule has 1 N–H and O–H groups in total. The highest BCUT2D eigenvalue weighted by Crippen LogP contribution is 2.32. The third kappa shape index (κ3) is 3.25. The zero-order chi connectivity index (χ0) is 14.0. The van der Waals surface area contributed by atoms with Crippen LogP contribution in [0.25, 0.3) is 0 Å². The molecule has 0 amide bonds. The van der Waals surface area contributed by atoms with Crippen molar-refractivity contribution < 1.29 is 4.92 Å². The molecule has 1 aliphatic rings. The summed E-state index contributed by atoms with van der Waals surface area (Å²) in [7, 11) is 0. The van der Waals surface area contributed by atoms with Gasteiger partial charge in [0.25, 0.3) is 5.69 Å². The molecule has 1 aliphatic carbocycles. The van der Waals surface area contributed by atoms with Gasteiger partial charge in [0.2, 0.25) is 0 Å². The SMILES string of the molecule is Cc1cc([N+](=O)[O-])ccc1NC1CC(C)CCC1C. The van der Waals surface area contributed by atoms with Crippen molar-refractivity contribution in [2.75, 3.05) is 5.32 Å². The van der Waals surface area contributed by atoms with Crippen molar-refractivity contribution in [3.05, 3.63) is 33.9 Å². The first-order valence-electron chi connectivity index (χ1n) is 6.99. The summed E-state index contributed by atoms with van der Waals surface area (Å²) in [6, 6.07) is 5.52. The number of hydrogen-bond donors (Lipinski definition) is 1. The predicted molar refractivity (Wildman–Crippen MR) is 77.4 cm³/mol. The number of nitro benzene ring substituents is 1. The van der Waals surface area contributed by atoms with E-state index in [0.29, 0.717) is 12.0 Å². The Labute approximate surface area is 114 Å². The van der Waals surface area contributed by atoms with Crippen LogP contribution in [0.1, 0.15) is 38.7 Å². The van der Waals surface area contributed by atoms with Gasteiger partial charge in [-0.2, -0.15) is 0 Å². The Morgan fingerprint density at radius 2 is 2.05 bits per heavy atom. The van der Waals surface area contributed by atoms with Crippen LogP contribution in [0.15, 0.2) is 18.2 Å². The lowest BCUT2D eigenvalue weighted by atomic mass is 9.80. The van der Waals surface area contributed by atoms with E-state index >= 15 is 0 Å². The third-order valence-electron chi connectivity index (χ3n) is 4.22. The minimum Gasteiger partial charge on any atom is -0.382 e. The molecular formula is C15H22N2O2. The van der Waals surface area contributed by atoms with Gasteiger partial charge in [0.15, 0.2) is 0 Å². The first-order valence-corrected chi connectivity index (χ1v) is 6.99. The number of nitro groups is 1. The highest BCUT2D eigenvalue weighted by atomic mass is 16.6. The van der Waals surface area contributed by atoms with Gasteiger partial charge in [-0.05, 0) is 43.2 Å². The summed E-state index contributed by atoms with van der Waals surface area (Å²) in [5, 5.41) is 14.3. The Kier molecular flexibility index (Phi) is 4.08. The van der Waals surface area contributed by atoms with Crippen LogP contribution in [0.2, 0.25) is 0 Å². The van der Waals surface area contributed by atoms with E-state index in [2.05, 4.69) is 19.2 Å². The third-order valence-corrected chi connectivity index (χ3v) is 4.22. The number of anilines is 1. The van der Waals surface area contributed by atoms with E-state index in [9.17, 15) is 10.1 Å². The summed E-state index contributed by atoms with van der Waals surface area (Å²) >= 11 is 0. The molecule has 19 heavy (non-hydrogen) atoms. The van der Waals surface area contributed by atoms with Crippen molar-refractivity contribution in [3.8, 4) is 0 Å². The molecule has 1 saturated carbocycles. The molecule has 4 nitrogen and oxygen atoms in total. The number of nitrogens with one attached hydrogen (secondary N) is 1. The van der Waals surface area contributed by atoms with Gasteiger partial charge in [0.1, 0.15) is 0 Å². The number of benzene rings is 1. The van der Waals surface area contributed by atoms with Gasteiger partial charge in [-0.1, -0.05) is 20.3 Å². The molecular weight excluding hydrogens is 240 g/mol. The van der Waals surface area contributed by atoms with Gasteiger partial charge in [-0.3, -0.25) is 10.1 Å². The van der Waals surface area contributed by atoms with Gasteiger partial charge in [-0.25, -0.2) is 0 Å². The standard InChI is InChI=1S/C15H22N2O2/c1-10-4-5-11(2)15(8-10)16-14-7-6-13(17(18)19)9-12(14)3/h6-7,9-11,15-16H,4-5,8H2,1-3H3. The van der Waals surface area contributed by atoms with Crippen molar-refractivity contribution in [2.45, 2.75) is 46.1 Å². The first kappa shape index (κ1) is 13.8. The van der Waals surface area contributed by atoms with Gasteiger partial charge in [-0.15, -0.1) is 0 Å². The second-order valence-corrected chi connectivity index (χ2v) is 5.90. The van der Waals surface area contributed by atoms with Crippen LogP contribution in [0.3, 0.4) is 0 Å². The van der Waals surface area contributed by atoms with Crippen LogP contribution >= 0.6 is 0 Å². The van der Waals surface area contributed by atoms with Crippen LogP contribution in [0.5, 0.6) is 0 Å². The van der Waals surface area contributed by atoms with Crippen LogP contribution in [0.4, 0.5) is 11.4 Å². The molecule has 1 aromatic carbocycles. The number of nitrogens with zero attached hydrogens (tertiary/aromatic N) is 1. The lowest BCUT2D eigenvalue weighted by molar-refractivity contribution is -0.384. The topological polar surface area (TPSA) is 55.2 Å². The van der Waals surface area contributed by atoms with Crippen LogP contribution in [-0.2, 0) is 0 Å². The smallest absolute Gasteiger partial charge is 0.269 e. The summed E-state index contributed by atoms with van der Waals surface area (Å²) in [6.45, 7) is 6.50. The van der Waals surface area contributed by atoms with E-state index in [1.54, 1.807) is 12.1 Å². The van der Waals surface area contributed by atoms with Gasteiger partial charge >= 0.3 is 0 Å². The number of aryl methyl sites for hydroxylation is 1. The Morgan fingerprint density at radius 3 is 2.68 bits per heavy atom. The molecule has 1 fully saturated rings. The minimum absolute atomic E-state index is 0.160. The molecule has 0 spiro atoms. The van der Waals surface area contributed by atoms with E-state index in [0.717, 1.165) is 17.2 Å². The lowest BCUT2D eigenvalue weighted by Crippen LogP contribution is -2.33. The fourth-order valence-electron chi connectivity index (χ4n) is 2.86. The number of rotatable bonds is 3. The molecule has 1 aromatic rings. The zero-order valence-corrected chi connectivity index (χ0v) is 11.8. The maximum Gasteiger partial charge on any atom is 0.269 e. The van der Waals surface area contributed by atoms with E-state index in [4.69, 9.17) is 0 Å². The Hall–Kier alpha value is -1.58. The van der Waals surface area contributed by atoms with Crippen LogP contribution < -0.4 is 5.32 Å². The van der Waals surface area contributed by atoms with Gasteiger partial charge in [0.05, 0.1) is 4.92 Å². The van der Waals surface area contributed by atoms with E-state index < -0.39 is 0 Å². The maximum atomic E-state index is 10.7. The molecule has 0 aliphatic heterocycles. The fourth-order valence-corrected chi connectivity index (χ4v) is 2.86. The molecule has 3 unspecified atom stereocenters. The van der Waals surface area contributed by atoms with Gasteiger partial charge < -0.3 is 5.32 Å². The van der Waals surface area contributed by atoms with Gasteiger partial charge in [0, 0.05) is 23.9 Å². The second-order valence-electron chi connectivity index (χ2n) is 5.90. The molecule has 0 saturated heterocycles. The molecule has 0 bridgehead atoms. The maximum absolute atomic E-state index is 10.7. The Balaban J connectivity index is 2.12. The van der Waals surface area contributed by atoms with E-state index in [1.165, 1.54) is 19.3 Å². The summed E-state index contributed by atoms with van der Waals surface area (Å²) < 4.78 is 0. The average Bonchev–Trinajstić information content (AvgIpc) is 2.36. The van der Waals surface area contributed by atoms with E-state index in [-0.39, 0.29) is 10.6 Å². The molecule has 4 heteroatoms. The second kappa shape index (κ2) is 5.59. The molecule has 0 heterocycles. The average molecular weight is 262 g/mol. The van der Waals surface area contributed by atoms with E-state index in [1.807, 2.05) is 13.0 Å². The summed E-state index contributed by atoms with van der Waals surface area (Å²) in [6.07, 6.45) is 3.74. The predicted octanol–water partition coefficient (Wildman–Crippen LogP) is 4.14. The number of hydrogen-bond acceptors (Lipinski definition) is 3. The first-order chi connectivity index (χ1) is 8.97. The molecule has 0 aromatic heterocycles. The normalized spacial score (nSPS) is 27.0. The minimum atomic E-state index is -0.345. The highest BCUT2D eigenvalue weighted by molar-refractivity contribution is 5.56. The highest BCUT2D eigenvalue weighted by Gasteiger charge is 2.25. The van der Waals surface area contributed by atoms with Crippen molar-refractivity contribution in [3.63, 3.8) is 0 Å². The molecule has 3 atom stereocenters. The quantitative estimate of drug-likeness (QED) is 0.658. The fraction of sp³-hybridized carbons (Fsp3) is 0.600. The van der Waals surface area contributed by atoms with Crippen molar-refractivity contribution in [1.82, 2.24) is 0 Å². The largest absolute Gasteiger partial charge is 0.382 e. The van der Waals surface area contributed by atoms with Crippen LogP contribution in [0, 0.1) is 28.9 Å². The van der Waals surface area contributed by atoms with Crippen LogP contribution in [-0.4, -0.2) is 11.0 Å². The lowest BCUT2D eigenvalue weighted by Gasteiger charge is -2.34. The summed E-state index contributed by atoms with van der Waals surface area (Å²) in [5.74, 6) is 1.41. The Morgan fingerprint density at radius 1 is 1.32 bits per heavy atom. The zero-order valence-electron chi connectivity index (χ0n) is 11.8. The van der Waals surface area contributed by atoms with Crippen molar-refractivity contribution in [2.24, 2.45) is 11.8 Å². The number of non-ortho nitro benzene ring substituents is 1. The van der Waals surface area contributed by atoms with Crippen molar-refractivity contribution in [1.29, 1.82) is 0 Å². The molecule has 104 valence electrons. The Bertz CT molecular complexity index is 473. The molecule has 2 rings (SSSR count). The van der Waals surface area contributed by atoms with Crippen molar-refractivity contribution >= 4 is 11.4 Å². The molecule has 0 radical (unpaired) electrons. The monoisotopic (exact) mass is 262 g/mol. The summed E-state index contributed by atoms with van der Waals surface area (Å²) in [5.41, 5.74) is 2.13.